The quantitative estimate of drug-likeness (QED) is 0.696. The first-order valence-electron chi connectivity index (χ1n) is 8.73. The van der Waals surface area contributed by atoms with Crippen molar-refractivity contribution in [1.82, 2.24) is 0 Å². The van der Waals surface area contributed by atoms with Crippen molar-refractivity contribution in [2.45, 2.75) is 34.6 Å². The zero-order chi connectivity index (χ0) is 21.9. The maximum Gasteiger partial charge on any atom is 0.341 e. The molecule has 0 aliphatic heterocycles. The van der Waals surface area contributed by atoms with Crippen molar-refractivity contribution in [2.75, 3.05) is 17.2 Å². The minimum Gasteiger partial charge on any atom is -0.452 e. The SMILES string of the molecule is Cc1sc(NC(=O)C(C)(C)C)c(C(=O)OCC(=O)Nc2ccc(F)c(F)c2)c1C. The molecule has 0 saturated carbocycles. The number of carbonyl (C=O) groups excluding carboxylic acids is 3. The fourth-order valence-corrected chi connectivity index (χ4v) is 3.27. The van der Waals surface area contributed by atoms with E-state index in [1.807, 2.05) is 0 Å². The van der Waals surface area contributed by atoms with Gasteiger partial charge in [-0.15, -0.1) is 11.3 Å². The molecule has 1 aromatic heterocycles. The van der Waals surface area contributed by atoms with Gasteiger partial charge in [0.05, 0.1) is 5.56 Å². The number of hydrogen-bond acceptors (Lipinski definition) is 5. The van der Waals surface area contributed by atoms with Gasteiger partial charge in [-0.3, -0.25) is 9.59 Å². The largest absolute Gasteiger partial charge is 0.452 e. The molecular formula is C20H22F2N2O4S. The first-order valence-corrected chi connectivity index (χ1v) is 9.55. The number of amides is 2. The summed E-state index contributed by atoms with van der Waals surface area (Å²) in [6, 6.07) is 2.88. The molecule has 0 bridgehead atoms. The molecule has 0 atom stereocenters. The molecule has 0 spiro atoms. The van der Waals surface area contributed by atoms with Crippen molar-refractivity contribution in [1.29, 1.82) is 0 Å². The Kier molecular flexibility index (Phi) is 6.73. The average molecular weight is 424 g/mol. The molecule has 9 heteroatoms. The molecule has 0 fully saturated rings. The Morgan fingerprint density at radius 2 is 1.72 bits per heavy atom. The van der Waals surface area contributed by atoms with Gasteiger partial charge in [-0.05, 0) is 31.5 Å². The van der Waals surface area contributed by atoms with Crippen molar-refractivity contribution in [2.24, 2.45) is 5.41 Å². The lowest BCUT2D eigenvalue weighted by Crippen LogP contribution is -2.28. The van der Waals surface area contributed by atoms with Gasteiger partial charge in [-0.1, -0.05) is 20.8 Å². The first kappa shape index (κ1) is 22.5. The van der Waals surface area contributed by atoms with Crippen LogP contribution in [0.5, 0.6) is 0 Å². The summed E-state index contributed by atoms with van der Waals surface area (Å²) >= 11 is 1.24. The van der Waals surface area contributed by atoms with Crippen molar-refractivity contribution >= 4 is 39.8 Å². The highest BCUT2D eigenvalue weighted by atomic mass is 32.1. The summed E-state index contributed by atoms with van der Waals surface area (Å²) in [5, 5.41) is 5.40. The summed E-state index contributed by atoms with van der Waals surface area (Å²) in [4.78, 5) is 37.6. The smallest absolute Gasteiger partial charge is 0.341 e. The third-order valence-electron chi connectivity index (χ3n) is 4.04. The Hall–Kier alpha value is -2.81. The summed E-state index contributed by atoms with van der Waals surface area (Å²) in [5.74, 6) is -3.89. The van der Waals surface area contributed by atoms with Gasteiger partial charge in [-0.25, -0.2) is 13.6 Å². The number of anilines is 2. The molecule has 2 N–H and O–H groups in total. The number of nitrogens with one attached hydrogen (secondary N) is 2. The number of halogens is 2. The van der Waals surface area contributed by atoms with Crippen LogP contribution < -0.4 is 10.6 Å². The van der Waals surface area contributed by atoms with E-state index in [1.54, 1.807) is 34.6 Å². The molecule has 0 radical (unpaired) electrons. The normalized spacial score (nSPS) is 11.1. The maximum atomic E-state index is 13.2. The molecule has 1 heterocycles. The molecule has 6 nitrogen and oxygen atoms in total. The van der Waals surface area contributed by atoms with Crippen LogP contribution in [-0.4, -0.2) is 24.4 Å². The van der Waals surface area contributed by atoms with E-state index >= 15 is 0 Å². The van der Waals surface area contributed by atoms with E-state index in [0.29, 0.717) is 10.6 Å². The predicted octanol–water partition coefficient (Wildman–Crippen LogP) is 4.42. The summed E-state index contributed by atoms with van der Waals surface area (Å²) in [5.41, 5.74) is 0.207. The van der Waals surface area contributed by atoms with Crippen molar-refractivity contribution < 1.29 is 27.9 Å². The molecule has 0 aliphatic rings. The summed E-state index contributed by atoms with van der Waals surface area (Å²) in [6.07, 6.45) is 0. The third kappa shape index (κ3) is 5.60. The van der Waals surface area contributed by atoms with Crippen LogP contribution in [0.25, 0.3) is 0 Å². The Labute approximate surface area is 171 Å². The van der Waals surface area contributed by atoms with Gasteiger partial charge in [-0.2, -0.15) is 0 Å². The number of rotatable bonds is 5. The molecule has 2 amide bonds. The lowest BCUT2D eigenvalue weighted by molar-refractivity contribution is -0.123. The highest BCUT2D eigenvalue weighted by Crippen LogP contribution is 2.34. The van der Waals surface area contributed by atoms with Crippen LogP contribution in [0.4, 0.5) is 19.5 Å². The highest BCUT2D eigenvalue weighted by Gasteiger charge is 2.27. The van der Waals surface area contributed by atoms with Crippen molar-refractivity contribution in [3.63, 3.8) is 0 Å². The molecule has 0 saturated heterocycles. The van der Waals surface area contributed by atoms with Gasteiger partial charge < -0.3 is 15.4 Å². The van der Waals surface area contributed by atoms with Crippen LogP contribution in [0, 0.1) is 30.9 Å². The second-order valence-electron chi connectivity index (χ2n) is 7.44. The number of hydrogen-bond donors (Lipinski definition) is 2. The molecule has 2 aromatic rings. The Morgan fingerprint density at radius 1 is 1.07 bits per heavy atom. The number of thiophene rings is 1. The Morgan fingerprint density at radius 3 is 2.31 bits per heavy atom. The van der Waals surface area contributed by atoms with E-state index in [1.165, 1.54) is 17.4 Å². The predicted molar refractivity (Wildman–Crippen MR) is 107 cm³/mol. The fourth-order valence-electron chi connectivity index (χ4n) is 2.23. The van der Waals surface area contributed by atoms with E-state index in [9.17, 15) is 23.2 Å². The maximum absolute atomic E-state index is 13.2. The van der Waals surface area contributed by atoms with Crippen LogP contribution in [0.1, 0.15) is 41.6 Å². The third-order valence-corrected chi connectivity index (χ3v) is 5.16. The number of carbonyl (C=O) groups is 3. The average Bonchev–Trinajstić information content (AvgIpc) is 2.89. The van der Waals surface area contributed by atoms with Crippen LogP contribution in [0.2, 0.25) is 0 Å². The highest BCUT2D eigenvalue weighted by molar-refractivity contribution is 7.16. The van der Waals surface area contributed by atoms with Gasteiger partial charge in [0.2, 0.25) is 5.91 Å². The summed E-state index contributed by atoms with van der Waals surface area (Å²) in [6.45, 7) is 8.14. The first-order chi connectivity index (χ1) is 13.4. The zero-order valence-electron chi connectivity index (χ0n) is 16.7. The number of ether oxygens (including phenoxy) is 1. The zero-order valence-corrected chi connectivity index (χ0v) is 17.6. The second-order valence-corrected chi connectivity index (χ2v) is 8.67. The molecule has 0 aliphatic carbocycles. The van der Waals surface area contributed by atoms with E-state index in [4.69, 9.17) is 4.74 Å². The number of esters is 1. The van der Waals surface area contributed by atoms with Crippen LogP contribution >= 0.6 is 11.3 Å². The van der Waals surface area contributed by atoms with Crippen LogP contribution in [0.15, 0.2) is 18.2 Å². The van der Waals surface area contributed by atoms with Crippen molar-refractivity contribution in [3.05, 3.63) is 45.8 Å². The van der Waals surface area contributed by atoms with E-state index in [2.05, 4.69) is 10.6 Å². The van der Waals surface area contributed by atoms with E-state index in [-0.39, 0.29) is 17.2 Å². The van der Waals surface area contributed by atoms with Gasteiger partial charge >= 0.3 is 5.97 Å². The topological polar surface area (TPSA) is 84.5 Å². The molecule has 29 heavy (non-hydrogen) atoms. The minimum absolute atomic E-state index is 0.0330. The monoisotopic (exact) mass is 424 g/mol. The fraction of sp³-hybridized carbons (Fsp3) is 0.350. The minimum atomic E-state index is -1.11. The summed E-state index contributed by atoms with van der Waals surface area (Å²) in [7, 11) is 0. The summed E-state index contributed by atoms with van der Waals surface area (Å²) < 4.78 is 31.2. The van der Waals surface area contributed by atoms with Gasteiger partial charge in [0.1, 0.15) is 5.00 Å². The molecule has 2 rings (SSSR count). The molecule has 156 valence electrons. The lowest BCUT2D eigenvalue weighted by Gasteiger charge is -2.17. The van der Waals surface area contributed by atoms with Crippen LogP contribution in [-0.2, 0) is 14.3 Å². The number of benzene rings is 1. The second kappa shape index (κ2) is 8.69. The van der Waals surface area contributed by atoms with Gasteiger partial charge in [0, 0.05) is 22.0 Å². The standard InChI is InChI=1S/C20H22F2N2O4S/c1-10-11(2)29-17(24-19(27)20(3,4)5)16(10)18(26)28-9-15(25)23-12-6-7-13(21)14(22)8-12/h6-8H,9H2,1-5H3,(H,23,25)(H,24,27). The lowest BCUT2D eigenvalue weighted by atomic mass is 9.96. The van der Waals surface area contributed by atoms with E-state index in [0.717, 1.165) is 17.0 Å². The molecular weight excluding hydrogens is 402 g/mol. The van der Waals surface area contributed by atoms with Crippen LogP contribution in [0.3, 0.4) is 0 Å². The number of aryl methyl sites for hydroxylation is 1. The Bertz CT molecular complexity index is 964. The molecule has 0 unspecified atom stereocenters. The van der Waals surface area contributed by atoms with Gasteiger partial charge in [0.25, 0.3) is 5.91 Å². The molecule has 1 aromatic carbocycles. The van der Waals surface area contributed by atoms with Gasteiger partial charge in [0.15, 0.2) is 18.2 Å². The van der Waals surface area contributed by atoms with Crippen molar-refractivity contribution in [3.8, 4) is 0 Å². The van der Waals surface area contributed by atoms with E-state index < -0.39 is 35.5 Å². The Balaban J connectivity index is 2.07.